The Balaban J connectivity index is 2.26. The monoisotopic (exact) mass is 229 g/mol. The average molecular weight is 229 g/mol. The molecule has 0 atom stereocenters. The summed E-state index contributed by atoms with van der Waals surface area (Å²) in [6.07, 6.45) is 4.13. The summed E-state index contributed by atoms with van der Waals surface area (Å²) < 4.78 is 0. The predicted octanol–water partition coefficient (Wildman–Crippen LogP) is -0.553. The molecule has 15 heavy (non-hydrogen) atoms. The number of nitrogens with two attached hydrogens (primary N) is 1. The molecule has 84 valence electrons. The van der Waals surface area contributed by atoms with Crippen molar-refractivity contribution in [3.05, 3.63) is 0 Å². The summed E-state index contributed by atoms with van der Waals surface area (Å²) in [5, 5.41) is 5.01. The Morgan fingerprint density at radius 3 is 2.40 bits per heavy atom. The maximum Gasteiger partial charge on any atom is 0.309 e. The molecule has 1 aliphatic rings. The molecule has 0 saturated heterocycles. The first kappa shape index (κ1) is 11.9. The third-order valence-corrected chi connectivity index (χ3v) is 2.46. The fourth-order valence-corrected chi connectivity index (χ4v) is 1.64. The van der Waals surface area contributed by atoms with Gasteiger partial charge in [0.1, 0.15) is 0 Å². The van der Waals surface area contributed by atoms with Crippen LogP contribution in [0.2, 0.25) is 0 Å². The van der Waals surface area contributed by atoms with E-state index in [1.54, 1.807) is 0 Å². The van der Waals surface area contributed by atoms with Crippen LogP contribution < -0.4 is 16.4 Å². The third-order valence-electron chi connectivity index (χ3n) is 2.32. The van der Waals surface area contributed by atoms with E-state index in [1.807, 2.05) is 0 Å². The lowest BCUT2D eigenvalue weighted by Gasteiger charge is -2.11. The summed E-state index contributed by atoms with van der Waals surface area (Å²) in [4.78, 5) is 22.7. The predicted molar refractivity (Wildman–Crippen MR) is 60.2 cm³/mol. The fraction of sp³-hybridized carbons (Fsp3) is 0.667. The van der Waals surface area contributed by atoms with Gasteiger partial charge in [-0.3, -0.25) is 9.59 Å². The number of amides is 2. The van der Waals surface area contributed by atoms with Crippen LogP contribution in [0, 0.1) is 0 Å². The van der Waals surface area contributed by atoms with Crippen LogP contribution in [0.15, 0.2) is 0 Å². The van der Waals surface area contributed by atoms with Crippen molar-refractivity contribution in [1.82, 2.24) is 10.6 Å². The van der Waals surface area contributed by atoms with E-state index in [9.17, 15) is 9.59 Å². The summed E-state index contributed by atoms with van der Waals surface area (Å²) in [5.41, 5.74) is 5.19. The second-order valence-corrected chi connectivity index (χ2v) is 4.13. The first-order valence-electron chi connectivity index (χ1n) is 4.96. The number of carbonyl (C=O) groups is 2. The molecule has 6 heteroatoms. The minimum Gasteiger partial charge on any atom is -0.392 e. The van der Waals surface area contributed by atoms with E-state index in [-0.39, 0.29) is 17.6 Å². The van der Waals surface area contributed by atoms with Gasteiger partial charge in [-0.2, -0.15) is 0 Å². The van der Waals surface area contributed by atoms with Gasteiger partial charge in [-0.05, 0) is 12.8 Å². The quantitative estimate of drug-likeness (QED) is 0.448. The largest absolute Gasteiger partial charge is 0.392 e. The minimum atomic E-state index is -0.672. The van der Waals surface area contributed by atoms with Crippen LogP contribution in [0.1, 0.15) is 25.7 Å². The van der Waals surface area contributed by atoms with Gasteiger partial charge in [0.05, 0.1) is 11.5 Å². The van der Waals surface area contributed by atoms with Gasteiger partial charge < -0.3 is 16.4 Å². The van der Waals surface area contributed by atoms with Crippen molar-refractivity contribution in [2.45, 2.75) is 31.7 Å². The zero-order valence-corrected chi connectivity index (χ0v) is 9.23. The van der Waals surface area contributed by atoms with E-state index >= 15 is 0 Å². The van der Waals surface area contributed by atoms with E-state index in [0.717, 1.165) is 25.7 Å². The molecule has 0 unspecified atom stereocenters. The minimum absolute atomic E-state index is 0.0618. The first-order chi connectivity index (χ1) is 7.09. The first-order valence-corrected chi connectivity index (χ1v) is 5.37. The van der Waals surface area contributed by atoms with Crippen LogP contribution in [-0.4, -0.2) is 29.4 Å². The number of carbonyl (C=O) groups excluding carboxylic acids is 2. The summed E-state index contributed by atoms with van der Waals surface area (Å²) in [6.45, 7) is 0.0618. The van der Waals surface area contributed by atoms with Crippen LogP contribution >= 0.6 is 12.2 Å². The molecule has 0 aromatic heterocycles. The molecule has 0 radical (unpaired) electrons. The van der Waals surface area contributed by atoms with Crippen molar-refractivity contribution >= 4 is 29.0 Å². The highest BCUT2D eigenvalue weighted by Gasteiger charge is 2.20. The summed E-state index contributed by atoms with van der Waals surface area (Å²) in [7, 11) is 0. The van der Waals surface area contributed by atoms with E-state index in [4.69, 9.17) is 5.73 Å². The van der Waals surface area contributed by atoms with Crippen LogP contribution in [0.25, 0.3) is 0 Å². The fourth-order valence-electron chi connectivity index (χ4n) is 1.57. The highest BCUT2D eigenvalue weighted by Crippen LogP contribution is 2.17. The molecule has 0 bridgehead atoms. The molecule has 1 fully saturated rings. The smallest absolute Gasteiger partial charge is 0.309 e. The SMILES string of the molecule is NC(=S)CNC(=O)C(=O)NC1CCCC1. The zero-order chi connectivity index (χ0) is 11.3. The van der Waals surface area contributed by atoms with Crippen molar-refractivity contribution in [3.63, 3.8) is 0 Å². The molecule has 0 heterocycles. The summed E-state index contributed by atoms with van der Waals surface area (Å²) in [5.74, 6) is -1.27. The maximum absolute atomic E-state index is 11.3. The van der Waals surface area contributed by atoms with Gasteiger partial charge in [-0.15, -0.1) is 0 Å². The van der Waals surface area contributed by atoms with Gasteiger partial charge in [-0.25, -0.2) is 0 Å². The Hall–Kier alpha value is -1.17. The van der Waals surface area contributed by atoms with Crippen LogP contribution in [0.5, 0.6) is 0 Å². The van der Waals surface area contributed by atoms with Crippen LogP contribution in [-0.2, 0) is 9.59 Å². The lowest BCUT2D eigenvalue weighted by molar-refractivity contribution is -0.139. The van der Waals surface area contributed by atoms with Gasteiger partial charge >= 0.3 is 11.8 Å². The van der Waals surface area contributed by atoms with E-state index in [2.05, 4.69) is 22.9 Å². The average Bonchev–Trinajstić information content (AvgIpc) is 2.66. The van der Waals surface area contributed by atoms with Gasteiger partial charge in [0.2, 0.25) is 0 Å². The van der Waals surface area contributed by atoms with Gasteiger partial charge in [0, 0.05) is 6.04 Å². The summed E-state index contributed by atoms with van der Waals surface area (Å²) in [6, 6.07) is 0.146. The van der Waals surface area contributed by atoms with Crippen molar-refractivity contribution in [2.24, 2.45) is 5.73 Å². The van der Waals surface area contributed by atoms with Gasteiger partial charge in [-0.1, -0.05) is 25.1 Å². The summed E-state index contributed by atoms with van der Waals surface area (Å²) >= 11 is 4.58. The Morgan fingerprint density at radius 1 is 1.27 bits per heavy atom. The maximum atomic E-state index is 11.3. The van der Waals surface area contributed by atoms with Crippen LogP contribution in [0.3, 0.4) is 0 Å². The number of thiocarbonyl (C=S) groups is 1. The molecule has 1 saturated carbocycles. The molecule has 0 aliphatic heterocycles. The molecule has 4 N–H and O–H groups in total. The van der Waals surface area contributed by atoms with Gasteiger partial charge in [0.25, 0.3) is 0 Å². The molecule has 0 aromatic rings. The Labute approximate surface area is 93.8 Å². The van der Waals surface area contributed by atoms with Crippen molar-refractivity contribution in [1.29, 1.82) is 0 Å². The van der Waals surface area contributed by atoms with E-state index in [1.165, 1.54) is 0 Å². The number of hydrogen-bond donors (Lipinski definition) is 3. The number of hydrogen-bond acceptors (Lipinski definition) is 3. The Bertz CT molecular complexity index is 275. The highest BCUT2D eigenvalue weighted by atomic mass is 32.1. The molecular weight excluding hydrogens is 214 g/mol. The molecule has 5 nitrogen and oxygen atoms in total. The second-order valence-electron chi connectivity index (χ2n) is 3.60. The molecule has 0 spiro atoms. The molecule has 1 aliphatic carbocycles. The van der Waals surface area contributed by atoms with Crippen molar-refractivity contribution in [2.75, 3.05) is 6.54 Å². The van der Waals surface area contributed by atoms with Gasteiger partial charge in [0.15, 0.2) is 0 Å². The van der Waals surface area contributed by atoms with E-state index < -0.39 is 11.8 Å². The zero-order valence-electron chi connectivity index (χ0n) is 8.41. The third kappa shape index (κ3) is 4.24. The number of nitrogens with one attached hydrogen (secondary N) is 2. The van der Waals surface area contributed by atoms with Crippen molar-refractivity contribution < 1.29 is 9.59 Å². The Kier molecular flexibility index (Phi) is 4.48. The standard InChI is InChI=1S/C9H15N3O2S/c10-7(15)5-11-8(13)9(14)12-6-3-1-2-4-6/h6H,1-5H2,(H2,10,15)(H,11,13)(H,12,14). The molecule has 1 rings (SSSR count). The van der Waals surface area contributed by atoms with Crippen LogP contribution in [0.4, 0.5) is 0 Å². The highest BCUT2D eigenvalue weighted by molar-refractivity contribution is 7.80. The normalized spacial score (nSPS) is 16.0. The Morgan fingerprint density at radius 2 is 1.87 bits per heavy atom. The van der Waals surface area contributed by atoms with Crippen molar-refractivity contribution in [3.8, 4) is 0 Å². The molecule has 2 amide bonds. The van der Waals surface area contributed by atoms with E-state index in [0.29, 0.717) is 0 Å². The topological polar surface area (TPSA) is 84.2 Å². The lowest BCUT2D eigenvalue weighted by Crippen LogP contribution is -2.45. The number of rotatable bonds is 3. The second kappa shape index (κ2) is 5.65. The molecule has 0 aromatic carbocycles. The molecular formula is C9H15N3O2S. The lowest BCUT2D eigenvalue weighted by atomic mass is 10.2.